The Balaban J connectivity index is 1.79. The van der Waals surface area contributed by atoms with Crippen molar-refractivity contribution in [1.82, 2.24) is 4.98 Å². The van der Waals surface area contributed by atoms with Crippen LogP contribution in [-0.2, 0) is 14.3 Å². The minimum Gasteiger partial charge on any atom is -0.507 e. The van der Waals surface area contributed by atoms with E-state index in [1.54, 1.807) is 30.5 Å². The van der Waals surface area contributed by atoms with Crippen molar-refractivity contribution in [2.75, 3.05) is 18.6 Å². The van der Waals surface area contributed by atoms with Crippen LogP contribution in [0, 0.1) is 5.92 Å². The molecule has 2 aromatic carbocycles. The third kappa shape index (κ3) is 5.20. The van der Waals surface area contributed by atoms with Crippen LogP contribution < -0.4 is 9.64 Å². The first-order chi connectivity index (χ1) is 17.7. The molecule has 1 aliphatic heterocycles. The number of anilines is 1. The Hall–Kier alpha value is -4.17. The van der Waals surface area contributed by atoms with Gasteiger partial charge in [-0.25, -0.2) is 4.79 Å². The monoisotopic (exact) mass is 520 g/mol. The van der Waals surface area contributed by atoms with Crippen LogP contribution in [0.5, 0.6) is 5.75 Å². The van der Waals surface area contributed by atoms with Crippen LogP contribution in [0.15, 0.2) is 72.6 Å². The fourth-order valence-electron chi connectivity index (χ4n) is 4.00. The first-order valence-corrected chi connectivity index (χ1v) is 11.9. The molecule has 4 rings (SSSR count). The zero-order valence-corrected chi connectivity index (χ0v) is 21.2. The van der Waals surface area contributed by atoms with Crippen molar-refractivity contribution in [1.29, 1.82) is 0 Å². The lowest BCUT2D eigenvalue weighted by molar-refractivity contribution is -0.132. The van der Waals surface area contributed by atoms with Gasteiger partial charge in [0.25, 0.3) is 11.7 Å². The fourth-order valence-corrected chi connectivity index (χ4v) is 4.19. The second kappa shape index (κ2) is 10.8. The Morgan fingerprint density at radius 2 is 1.81 bits per heavy atom. The maximum atomic E-state index is 13.3. The first-order valence-electron chi connectivity index (χ1n) is 11.5. The number of benzene rings is 2. The number of ketones is 1. The highest BCUT2D eigenvalue weighted by Gasteiger charge is 2.47. The molecule has 37 heavy (non-hydrogen) atoms. The molecule has 9 heteroatoms. The van der Waals surface area contributed by atoms with Crippen LogP contribution in [0.4, 0.5) is 5.69 Å². The summed E-state index contributed by atoms with van der Waals surface area (Å²) < 4.78 is 10.5. The van der Waals surface area contributed by atoms with E-state index in [0.717, 1.165) is 0 Å². The van der Waals surface area contributed by atoms with E-state index in [4.69, 9.17) is 21.1 Å². The number of carbonyl (C=O) groups is 3. The molecular weight excluding hydrogens is 496 g/mol. The number of Topliss-reactive ketones (excluding diaryl/α,β-unsaturated/α-hetero) is 1. The van der Waals surface area contributed by atoms with E-state index in [1.807, 2.05) is 13.8 Å². The number of pyridine rings is 1. The quantitative estimate of drug-likeness (QED) is 0.198. The number of hydrogen-bond acceptors (Lipinski definition) is 7. The Morgan fingerprint density at radius 3 is 2.43 bits per heavy atom. The van der Waals surface area contributed by atoms with Gasteiger partial charge in [-0.05, 0) is 60.0 Å². The average Bonchev–Trinajstić information content (AvgIpc) is 3.17. The molecule has 1 fully saturated rings. The Kier molecular flexibility index (Phi) is 7.59. The second-order valence-electron chi connectivity index (χ2n) is 8.84. The lowest BCUT2D eigenvalue weighted by atomic mass is 9.96. The van der Waals surface area contributed by atoms with Gasteiger partial charge in [0.05, 0.1) is 35.9 Å². The molecule has 190 valence electrons. The number of halogens is 1. The number of ether oxygens (including phenoxy) is 2. The van der Waals surface area contributed by atoms with Crippen LogP contribution in [-0.4, -0.2) is 41.5 Å². The number of aromatic nitrogens is 1. The van der Waals surface area contributed by atoms with Gasteiger partial charge < -0.3 is 14.6 Å². The topological polar surface area (TPSA) is 106 Å². The van der Waals surface area contributed by atoms with E-state index < -0.39 is 23.7 Å². The van der Waals surface area contributed by atoms with Gasteiger partial charge in [-0.15, -0.1) is 0 Å². The molecule has 0 aliphatic carbocycles. The molecule has 1 amide bonds. The molecule has 1 saturated heterocycles. The van der Waals surface area contributed by atoms with Crippen LogP contribution in [0.3, 0.4) is 0 Å². The lowest BCUT2D eigenvalue weighted by Crippen LogP contribution is -2.29. The summed E-state index contributed by atoms with van der Waals surface area (Å²) in [4.78, 5) is 44.3. The number of nitrogens with zero attached hydrogens (tertiary/aromatic N) is 2. The zero-order chi connectivity index (χ0) is 26.7. The molecule has 1 aromatic heterocycles. The molecule has 1 N–H and O–H groups in total. The molecule has 1 unspecified atom stereocenters. The zero-order valence-electron chi connectivity index (χ0n) is 20.5. The van der Waals surface area contributed by atoms with Crippen molar-refractivity contribution in [3.8, 4) is 5.75 Å². The number of hydrogen-bond donors (Lipinski definition) is 1. The van der Waals surface area contributed by atoms with Crippen molar-refractivity contribution < 1.29 is 29.0 Å². The van der Waals surface area contributed by atoms with Gasteiger partial charge in [0, 0.05) is 23.6 Å². The van der Waals surface area contributed by atoms with E-state index >= 15 is 0 Å². The molecule has 0 saturated carbocycles. The number of aliphatic hydroxyl groups is 1. The summed E-state index contributed by atoms with van der Waals surface area (Å²) in [6.07, 6.45) is 3.09. The SMILES string of the molecule is COc1cc(/C(O)=C2/C(=O)C(=O)N(c3ccc(C(=O)OCC(C)C)cc3)C2c2cccnc2)ccc1Cl. The summed E-state index contributed by atoms with van der Waals surface area (Å²) in [6.45, 7) is 4.16. The van der Waals surface area contributed by atoms with Crippen molar-refractivity contribution >= 4 is 40.7 Å². The van der Waals surface area contributed by atoms with E-state index in [2.05, 4.69) is 4.98 Å². The number of esters is 1. The summed E-state index contributed by atoms with van der Waals surface area (Å²) in [5.74, 6) is -2.05. The highest BCUT2D eigenvalue weighted by atomic mass is 35.5. The van der Waals surface area contributed by atoms with Crippen LogP contribution >= 0.6 is 11.6 Å². The van der Waals surface area contributed by atoms with Gasteiger partial charge in [-0.1, -0.05) is 31.5 Å². The van der Waals surface area contributed by atoms with Gasteiger partial charge in [-0.2, -0.15) is 0 Å². The number of rotatable bonds is 7. The van der Waals surface area contributed by atoms with Crippen LogP contribution in [0.1, 0.15) is 41.4 Å². The normalized spacial score (nSPS) is 16.8. The van der Waals surface area contributed by atoms with Gasteiger partial charge in [-0.3, -0.25) is 19.5 Å². The second-order valence-corrected chi connectivity index (χ2v) is 9.25. The largest absolute Gasteiger partial charge is 0.507 e. The molecule has 1 aliphatic rings. The van der Waals surface area contributed by atoms with Gasteiger partial charge >= 0.3 is 5.97 Å². The summed E-state index contributed by atoms with van der Waals surface area (Å²) in [5.41, 5.74) is 1.35. The van der Waals surface area contributed by atoms with Crippen molar-refractivity contribution in [2.24, 2.45) is 5.92 Å². The van der Waals surface area contributed by atoms with Crippen molar-refractivity contribution in [3.63, 3.8) is 0 Å². The van der Waals surface area contributed by atoms with E-state index in [9.17, 15) is 19.5 Å². The fraction of sp³-hybridized carbons (Fsp3) is 0.214. The lowest BCUT2D eigenvalue weighted by Gasteiger charge is -2.25. The van der Waals surface area contributed by atoms with Crippen molar-refractivity contribution in [2.45, 2.75) is 19.9 Å². The van der Waals surface area contributed by atoms with E-state index in [-0.39, 0.29) is 29.4 Å². The summed E-state index contributed by atoms with van der Waals surface area (Å²) in [6, 6.07) is 13.2. The van der Waals surface area contributed by atoms with Gasteiger partial charge in [0.15, 0.2) is 0 Å². The van der Waals surface area contributed by atoms with Crippen molar-refractivity contribution in [3.05, 3.63) is 94.3 Å². The van der Waals surface area contributed by atoms with Crippen LogP contribution in [0.2, 0.25) is 5.02 Å². The van der Waals surface area contributed by atoms with E-state index in [0.29, 0.717) is 27.6 Å². The Bertz CT molecular complexity index is 1370. The Labute approximate surface area is 219 Å². The maximum absolute atomic E-state index is 13.3. The minimum atomic E-state index is -0.964. The smallest absolute Gasteiger partial charge is 0.338 e. The predicted octanol–water partition coefficient (Wildman–Crippen LogP) is 5.18. The molecule has 2 heterocycles. The standard InChI is InChI=1S/C28H25ClN2O6/c1-16(2)15-37-28(35)17-6-9-20(10-7-17)31-24(19-5-4-12-30-14-19)23(26(33)27(31)34)25(32)18-8-11-21(29)22(13-18)36-3/h4-14,16,24,32H,15H2,1-3H3/b25-23-. The Morgan fingerprint density at radius 1 is 1.11 bits per heavy atom. The highest BCUT2D eigenvalue weighted by Crippen LogP contribution is 2.42. The minimum absolute atomic E-state index is 0.109. The average molecular weight is 521 g/mol. The summed E-state index contributed by atoms with van der Waals surface area (Å²) >= 11 is 6.12. The summed E-state index contributed by atoms with van der Waals surface area (Å²) in [7, 11) is 1.43. The number of aliphatic hydroxyl groups excluding tert-OH is 1. The number of carbonyl (C=O) groups excluding carboxylic acids is 3. The molecule has 8 nitrogen and oxygen atoms in total. The molecule has 3 aromatic rings. The van der Waals surface area contributed by atoms with Gasteiger partial charge in [0.1, 0.15) is 11.5 Å². The third-order valence-corrected chi connectivity index (χ3v) is 6.11. The van der Waals surface area contributed by atoms with Gasteiger partial charge in [0.2, 0.25) is 0 Å². The van der Waals surface area contributed by atoms with Crippen LogP contribution in [0.25, 0.3) is 5.76 Å². The summed E-state index contributed by atoms with van der Waals surface area (Å²) in [5, 5.41) is 11.6. The molecule has 0 radical (unpaired) electrons. The molecule has 0 bridgehead atoms. The molecular formula is C28H25ClN2O6. The number of amides is 1. The predicted molar refractivity (Wildman–Crippen MR) is 139 cm³/mol. The molecule has 0 spiro atoms. The third-order valence-electron chi connectivity index (χ3n) is 5.80. The van der Waals surface area contributed by atoms with E-state index in [1.165, 1.54) is 48.5 Å². The molecule has 1 atom stereocenters. The highest BCUT2D eigenvalue weighted by molar-refractivity contribution is 6.51. The first kappa shape index (κ1) is 25.9. The maximum Gasteiger partial charge on any atom is 0.338 e. The number of methoxy groups -OCH3 is 1.